The molecule has 2 heterocycles. The molecular weight excluding hydrogens is 274 g/mol. The van der Waals surface area contributed by atoms with Crippen molar-refractivity contribution >= 4 is 17.4 Å². The molecule has 2 unspecified atom stereocenters. The van der Waals surface area contributed by atoms with Gasteiger partial charge >= 0.3 is 0 Å². The van der Waals surface area contributed by atoms with Gasteiger partial charge in [-0.15, -0.1) is 0 Å². The van der Waals surface area contributed by atoms with Crippen LogP contribution in [0.5, 0.6) is 0 Å². The van der Waals surface area contributed by atoms with E-state index in [1.54, 1.807) is 6.20 Å². The zero-order valence-electron chi connectivity index (χ0n) is 11.9. The number of fused-ring (bicyclic) bond motifs is 1. The predicted octanol–water partition coefficient (Wildman–Crippen LogP) is 2.60. The van der Waals surface area contributed by atoms with Crippen LogP contribution >= 0.6 is 11.6 Å². The fourth-order valence-corrected chi connectivity index (χ4v) is 3.40. The van der Waals surface area contributed by atoms with Crippen LogP contribution in [-0.2, 0) is 11.3 Å². The van der Waals surface area contributed by atoms with Gasteiger partial charge in [0.25, 0.3) is 0 Å². The summed E-state index contributed by atoms with van der Waals surface area (Å²) < 4.78 is 5.86. The quantitative estimate of drug-likeness (QED) is 0.926. The number of rotatable bonds is 4. The third kappa shape index (κ3) is 2.78. The summed E-state index contributed by atoms with van der Waals surface area (Å²) in [6, 6.07) is 2.62. The van der Waals surface area contributed by atoms with E-state index in [1.807, 2.05) is 0 Å². The number of nitrogens with zero attached hydrogens (tertiary/aromatic N) is 2. The Kier molecular flexibility index (Phi) is 4.44. The van der Waals surface area contributed by atoms with Crippen molar-refractivity contribution in [3.05, 3.63) is 22.8 Å². The normalized spacial score (nSPS) is 25.8. The van der Waals surface area contributed by atoms with Crippen LogP contribution in [0.4, 0.5) is 5.82 Å². The topological polar surface area (TPSA) is 37.4 Å². The first-order valence-corrected chi connectivity index (χ1v) is 7.90. The lowest BCUT2D eigenvalue weighted by atomic mass is 10.1. The van der Waals surface area contributed by atoms with Crippen LogP contribution in [0.15, 0.2) is 12.3 Å². The highest BCUT2D eigenvalue weighted by atomic mass is 35.5. The molecule has 3 rings (SSSR count). The van der Waals surface area contributed by atoms with Crippen molar-refractivity contribution in [3.8, 4) is 0 Å². The smallest absolute Gasteiger partial charge is 0.129 e. The Morgan fingerprint density at radius 2 is 2.40 bits per heavy atom. The number of nitrogens with one attached hydrogen (secondary N) is 1. The molecule has 4 nitrogen and oxygen atoms in total. The lowest BCUT2D eigenvalue weighted by molar-refractivity contribution is 0.0253. The van der Waals surface area contributed by atoms with Gasteiger partial charge in [-0.2, -0.15) is 0 Å². The van der Waals surface area contributed by atoms with Crippen LogP contribution in [-0.4, -0.2) is 36.8 Å². The number of hydrogen-bond donors (Lipinski definition) is 1. The van der Waals surface area contributed by atoms with Gasteiger partial charge in [0.2, 0.25) is 0 Å². The van der Waals surface area contributed by atoms with Crippen molar-refractivity contribution in [1.29, 1.82) is 0 Å². The summed E-state index contributed by atoms with van der Waals surface area (Å²) in [7, 11) is 0. The average Bonchev–Trinajstić information content (AvgIpc) is 2.95. The third-order valence-corrected chi connectivity index (χ3v) is 4.60. The van der Waals surface area contributed by atoms with Gasteiger partial charge in [0.05, 0.1) is 23.8 Å². The zero-order chi connectivity index (χ0) is 13.9. The van der Waals surface area contributed by atoms with E-state index in [1.165, 1.54) is 19.3 Å². The summed E-state index contributed by atoms with van der Waals surface area (Å²) in [6.07, 6.45) is 5.81. The monoisotopic (exact) mass is 295 g/mol. The van der Waals surface area contributed by atoms with Crippen LogP contribution in [0, 0.1) is 0 Å². The molecule has 2 atom stereocenters. The molecule has 0 spiro atoms. The summed E-state index contributed by atoms with van der Waals surface area (Å²) in [4.78, 5) is 6.95. The van der Waals surface area contributed by atoms with Gasteiger partial charge in [-0.1, -0.05) is 18.5 Å². The van der Waals surface area contributed by atoms with E-state index in [0.717, 1.165) is 42.6 Å². The molecule has 110 valence electrons. The van der Waals surface area contributed by atoms with Gasteiger partial charge in [0.15, 0.2) is 0 Å². The Bertz CT molecular complexity index is 468. The second-order valence-corrected chi connectivity index (χ2v) is 5.92. The molecule has 1 aliphatic carbocycles. The molecule has 1 N–H and O–H groups in total. The molecule has 0 aromatic carbocycles. The van der Waals surface area contributed by atoms with Gasteiger partial charge in [-0.05, 0) is 37.4 Å². The lowest BCUT2D eigenvalue weighted by Crippen LogP contribution is -2.49. The Morgan fingerprint density at radius 3 is 3.25 bits per heavy atom. The molecule has 0 radical (unpaired) electrons. The molecular formula is C15H22ClN3O. The minimum atomic E-state index is 0.387. The van der Waals surface area contributed by atoms with Crippen LogP contribution in [0.1, 0.15) is 31.7 Å². The molecule has 2 fully saturated rings. The van der Waals surface area contributed by atoms with E-state index in [9.17, 15) is 0 Å². The molecule has 1 saturated carbocycles. The lowest BCUT2D eigenvalue weighted by Gasteiger charge is -2.38. The van der Waals surface area contributed by atoms with E-state index >= 15 is 0 Å². The highest BCUT2D eigenvalue weighted by molar-refractivity contribution is 6.31. The van der Waals surface area contributed by atoms with Crippen molar-refractivity contribution in [1.82, 2.24) is 10.3 Å². The Balaban J connectivity index is 1.81. The summed E-state index contributed by atoms with van der Waals surface area (Å²) >= 11 is 6.24. The van der Waals surface area contributed by atoms with Crippen molar-refractivity contribution in [3.63, 3.8) is 0 Å². The molecule has 5 heteroatoms. The highest BCUT2D eigenvalue weighted by Crippen LogP contribution is 2.33. The molecule has 1 aromatic rings. The first-order valence-electron chi connectivity index (χ1n) is 7.53. The Labute approximate surface area is 125 Å². The Hall–Kier alpha value is -0.840. The summed E-state index contributed by atoms with van der Waals surface area (Å²) in [5, 5.41) is 4.07. The van der Waals surface area contributed by atoms with Crippen LogP contribution in [0.3, 0.4) is 0 Å². The van der Waals surface area contributed by atoms with Gasteiger partial charge in [0, 0.05) is 19.3 Å². The number of morpholine rings is 1. The summed E-state index contributed by atoms with van der Waals surface area (Å²) in [5.74, 6) is 1.04. The second kappa shape index (κ2) is 6.29. The van der Waals surface area contributed by atoms with Gasteiger partial charge in [-0.25, -0.2) is 4.98 Å². The van der Waals surface area contributed by atoms with Crippen molar-refractivity contribution in [2.24, 2.45) is 0 Å². The Morgan fingerprint density at radius 1 is 1.50 bits per heavy atom. The van der Waals surface area contributed by atoms with Gasteiger partial charge in [-0.3, -0.25) is 0 Å². The summed E-state index contributed by atoms with van der Waals surface area (Å²) in [5.41, 5.74) is 1.12. The fourth-order valence-electron chi connectivity index (χ4n) is 3.23. The number of halogens is 1. The average molecular weight is 296 g/mol. The number of anilines is 1. The minimum absolute atomic E-state index is 0.387. The number of ether oxygens (including phenoxy) is 1. The predicted molar refractivity (Wildman–Crippen MR) is 81.4 cm³/mol. The summed E-state index contributed by atoms with van der Waals surface area (Å²) in [6.45, 7) is 5.56. The number of pyridine rings is 1. The first kappa shape index (κ1) is 14.1. The van der Waals surface area contributed by atoms with E-state index in [2.05, 4.69) is 28.2 Å². The van der Waals surface area contributed by atoms with E-state index in [0.29, 0.717) is 12.1 Å². The van der Waals surface area contributed by atoms with Crippen LogP contribution < -0.4 is 10.2 Å². The zero-order valence-corrected chi connectivity index (χ0v) is 12.7. The standard InChI is InChI=1S/C15H22ClN3O/c1-2-17-9-11-8-15(18-10-12(11)16)19-6-7-20-14-5-3-4-13(14)19/h8,10,13-14,17H,2-7,9H2,1H3. The molecule has 20 heavy (non-hydrogen) atoms. The number of aromatic nitrogens is 1. The first-order chi connectivity index (χ1) is 9.79. The van der Waals surface area contributed by atoms with Crippen LogP contribution in [0.25, 0.3) is 0 Å². The van der Waals surface area contributed by atoms with Crippen molar-refractivity contribution in [2.75, 3.05) is 24.6 Å². The van der Waals surface area contributed by atoms with Crippen molar-refractivity contribution in [2.45, 2.75) is 44.9 Å². The van der Waals surface area contributed by atoms with E-state index in [-0.39, 0.29) is 0 Å². The van der Waals surface area contributed by atoms with Crippen LogP contribution in [0.2, 0.25) is 5.02 Å². The fraction of sp³-hybridized carbons (Fsp3) is 0.667. The van der Waals surface area contributed by atoms with E-state index < -0.39 is 0 Å². The maximum atomic E-state index is 6.24. The molecule has 0 bridgehead atoms. The van der Waals surface area contributed by atoms with Gasteiger partial charge in [0.1, 0.15) is 5.82 Å². The second-order valence-electron chi connectivity index (χ2n) is 5.52. The SMILES string of the molecule is CCNCc1cc(N2CCOC3CCCC32)ncc1Cl. The molecule has 1 saturated heterocycles. The maximum Gasteiger partial charge on any atom is 0.129 e. The highest BCUT2D eigenvalue weighted by Gasteiger charge is 2.36. The van der Waals surface area contributed by atoms with E-state index in [4.69, 9.17) is 16.3 Å². The van der Waals surface area contributed by atoms with Crippen molar-refractivity contribution < 1.29 is 4.74 Å². The number of hydrogen-bond acceptors (Lipinski definition) is 4. The third-order valence-electron chi connectivity index (χ3n) is 4.26. The largest absolute Gasteiger partial charge is 0.374 e. The maximum absolute atomic E-state index is 6.24. The molecule has 2 aliphatic rings. The molecule has 0 amide bonds. The van der Waals surface area contributed by atoms with Gasteiger partial charge < -0.3 is 15.0 Å². The molecule has 1 aliphatic heterocycles. The minimum Gasteiger partial charge on any atom is -0.374 e. The molecule has 1 aromatic heterocycles.